The molecule has 0 saturated carbocycles. The van der Waals surface area contributed by atoms with E-state index in [9.17, 15) is 9.18 Å². The number of benzene rings is 2. The second kappa shape index (κ2) is 7.10. The van der Waals surface area contributed by atoms with E-state index in [0.29, 0.717) is 16.3 Å². The third kappa shape index (κ3) is 3.30. The molecule has 0 bridgehead atoms. The number of halogens is 3. The summed E-state index contributed by atoms with van der Waals surface area (Å²) in [7, 11) is 0. The van der Waals surface area contributed by atoms with Gasteiger partial charge in [0, 0.05) is 21.2 Å². The SMILES string of the molecule is N#Cc1ccc(-c2ccccc2Cl)n(Cc2c(F)cccc2Cl)c1=O. The fourth-order valence-corrected chi connectivity index (χ4v) is 3.02. The van der Waals surface area contributed by atoms with Gasteiger partial charge in [0.25, 0.3) is 5.56 Å². The van der Waals surface area contributed by atoms with Crippen LogP contribution in [0, 0.1) is 17.1 Å². The second-order valence-electron chi connectivity index (χ2n) is 5.32. The first-order valence-electron chi connectivity index (χ1n) is 7.34. The Morgan fingerprint density at radius 2 is 1.72 bits per heavy atom. The zero-order valence-corrected chi connectivity index (χ0v) is 14.4. The molecule has 1 aromatic heterocycles. The van der Waals surface area contributed by atoms with Crippen molar-refractivity contribution in [3.05, 3.63) is 91.9 Å². The molecule has 0 saturated heterocycles. The van der Waals surface area contributed by atoms with Gasteiger partial charge in [-0.25, -0.2) is 4.39 Å². The third-order valence-corrected chi connectivity index (χ3v) is 4.51. The summed E-state index contributed by atoms with van der Waals surface area (Å²) in [6.07, 6.45) is 0. The quantitative estimate of drug-likeness (QED) is 0.657. The maximum atomic E-state index is 14.2. The van der Waals surface area contributed by atoms with E-state index >= 15 is 0 Å². The molecule has 0 atom stereocenters. The largest absolute Gasteiger partial charge is 0.302 e. The summed E-state index contributed by atoms with van der Waals surface area (Å²) in [6, 6.07) is 16.2. The number of pyridine rings is 1. The van der Waals surface area contributed by atoms with E-state index in [2.05, 4.69) is 0 Å². The van der Waals surface area contributed by atoms with Crippen LogP contribution in [0.15, 0.2) is 59.4 Å². The summed E-state index contributed by atoms with van der Waals surface area (Å²) in [5, 5.41) is 9.80. The Morgan fingerprint density at radius 1 is 1.00 bits per heavy atom. The topological polar surface area (TPSA) is 45.8 Å². The highest BCUT2D eigenvalue weighted by Crippen LogP contribution is 2.28. The zero-order chi connectivity index (χ0) is 18.0. The summed E-state index contributed by atoms with van der Waals surface area (Å²) in [5.74, 6) is -0.521. The van der Waals surface area contributed by atoms with Gasteiger partial charge in [-0.3, -0.25) is 4.79 Å². The summed E-state index contributed by atoms with van der Waals surface area (Å²) in [4.78, 5) is 12.7. The first-order valence-corrected chi connectivity index (χ1v) is 8.10. The molecule has 1 heterocycles. The Morgan fingerprint density at radius 3 is 2.40 bits per heavy atom. The fraction of sp³-hybridized carbons (Fsp3) is 0.0526. The number of aromatic nitrogens is 1. The molecule has 3 rings (SSSR count). The first kappa shape index (κ1) is 17.2. The van der Waals surface area contributed by atoms with E-state index in [4.69, 9.17) is 28.5 Å². The van der Waals surface area contributed by atoms with Gasteiger partial charge < -0.3 is 4.57 Å². The van der Waals surface area contributed by atoms with Gasteiger partial charge >= 0.3 is 0 Å². The zero-order valence-electron chi connectivity index (χ0n) is 12.8. The van der Waals surface area contributed by atoms with Gasteiger partial charge in [-0.1, -0.05) is 47.5 Å². The van der Waals surface area contributed by atoms with Gasteiger partial charge in [0.05, 0.1) is 12.2 Å². The third-order valence-electron chi connectivity index (χ3n) is 3.82. The highest BCUT2D eigenvalue weighted by atomic mass is 35.5. The maximum absolute atomic E-state index is 14.2. The molecule has 6 heteroatoms. The molecule has 0 radical (unpaired) electrons. The van der Waals surface area contributed by atoms with Crippen LogP contribution in [0.4, 0.5) is 4.39 Å². The minimum Gasteiger partial charge on any atom is -0.302 e. The Labute approximate surface area is 153 Å². The van der Waals surface area contributed by atoms with Crippen molar-refractivity contribution in [2.24, 2.45) is 0 Å². The number of hydrogen-bond donors (Lipinski definition) is 0. The Kier molecular flexibility index (Phi) is 4.89. The van der Waals surface area contributed by atoms with Crippen molar-refractivity contribution in [3.8, 4) is 17.3 Å². The van der Waals surface area contributed by atoms with Gasteiger partial charge in [0.2, 0.25) is 0 Å². The van der Waals surface area contributed by atoms with Gasteiger partial charge in [-0.05, 0) is 30.3 Å². The van der Waals surface area contributed by atoms with Gasteiger partial charge in [-0.2, -0.15) is 5.26 Å². The summed E-state index contributed by atoms with van der Waals surface area (Å²) in [5.41, 5.74) is 0.698. The molecule has 124 valence electrons. The van der Waals surface area contributed by atoms with Crippen LogP contribution in [0.3, 0.4) is 0 Å². The number of rotatable bonds is 3. The molecular formula is C19H11Cl2FN2O. The van der Waals surface area contributed by atoms with Crippen LogP contribution in [0.2, 0.25) is 10.0 Å². The Balaban J connectivity index is 2.26. The molecule has 0 N–H and O–H groups in total. The molecule has 0 aliphatic rings. The summed E-state index contributed by atoms with van der Waals surface area (Å²) >= 11 is 12.3. The molecule has 0 aliphatic carbocycles. The number of nitriles is 1. The first-order chi connectivity index (χ1) is 12.0. The lowest BCUT2D eigenvalue weighted by atomic mass is 10.1. The van der Waals surface area contributed by atoms with Crippen molar-refractivity contribution in [1.82, 2.24) is 4.57 Å². The molecule has 3 nitrogen and oxygen atoms in total. The highest BCUT2D eigenvalue weighted by Gasteiger charge is 2.16. The van der Waals surface area contributed by atoms with Crippen molar-refractivity contribution < 1.29 is 4.39 Å². The van der Waals surface area contributed by atoms with E-state index in [1.54, 1.807) is 36.4 Å². The van der Waals surface area contributed by atoms with Crippen molar-refractivity contribution >= 4 is 23.2 Å². The van der Waals surface area contributed by atoms with Crippen LogP contribution < -0.4 is 5.56 Å². The lowest BCUT2D eigenvalue weighted by molar-refractivity contribution is 0.597. The average Bonchev–Trinajstić information content (AvgIpc) is 2.60. The Hall–Kier alpha value is -2.61. The molecule has 0 unspecified atom stereocenters. The van der Waals surface area contributed by atoms with Crippen LogP contribution in [0.1, 0.15) is 11.1 Å². The normalized spacial score (nSPS) is 10.5. The summed E-state index contributed by atoms with van der Waals surface area (Å²) in [6.45, 7) is -0.111. The van der Waals surface area contributed by atoms with Crippen molar-refractivity contribution in [1.29, 1.82) is 5.26 Å². The molecular weight excluding hydrogens is 362 g/mol. The van der Waals surface area contributed by atoms with Crippen LogP contribution >= 0.6 is 23.2 Å². The van der Waals surface area contributed by atoms with Crippen molar-refractivity contribution in [2.45, 2.75) is 6.54 Å². The molecule has 0 aliphatic heterocycles. The maximum Gasteiger partial charge on any atom is 0.269 e. The van der Waals surface area contributed by atoms with E-state index in [-0.39, 0.29) is 22.7 Å². The molecule has 0 amide bonds. The average molecular weight is 373 g/mol. The second-order valence-corrected chi connectivity index (χ2v) is 6.13. The van der Waals surface area contributed by atoms with Gasteiger partial charge in [-0.15, -0.1) is 0 Å². The fourth-order valence-electron chi connectivity index (χ4n) is 2.57. The predicted octanol–water partition coefficient (Wildman–Crippen LogP) is 4.88. The molecule has 0 fully saturated rings. The summed E-state index contributed by atoms with van der Waals surface area (Å²) < 4.78 is 15.5. The monoisotopic (exact) mass is 372 g/mol. The highest BCUT2D eigenvalue weighted by molar-refractivity contribution is 6.33. The predicted molar refractivity (Wildman–Crippen MR) is 96.4 cm³/mol. The minimum atomic E-state index is -0.528. The minimum absolute atomic E-state index is 0.0386. The smallest absolute Gasteiger partial charge is 0.269 e. The van der Waals surface area contributed by atoms with Crippen LogP contribution in [0.5, 0.6) is 0 Å². The Bertz CT molecular complexity index is 1030. The molecule has 3 aromatic rings. The molecule has 25 heavy (non-hydrogen) atoms. The lowest BCUT2D eigenvalue weighted by Gasteiger charge is -2.16. The molecule has 0 spiro atoms. The van der Waals surface area contributed by atoms with Crippen LogP contribution in [0.25, 0.3) is 11.3 Å². The number of hydrogen-bond acceptors (Lipinski definition) is 2. The van der Waals surface area contributed by atoms with E-state index < -0.39 is 11.4 Å². The van der Waals surface area contributed by atoms with Crippen molar-refractivity contribution in [3.63, 3.8) is 0 Å². The van der Waals surface area contributed by atoms with E-state index in [0.717, 1.165) is 0 Å². The lowest BCUT2D eigenvalue weighted by Crippen LogP contribution is -2.25. The number of nitrogens with zero attached hydrogens (tertiary/aromatic N) is 2. The van der Waals surface area contributed by atoms with Crippen molar-refractivity contribution in [2.75, 3.05) is 0 Å². The van der Waals surface area contributed by atoms with Crippen LogP contribution in [-0.4, -0.2) is 4.57 Å². The molecule has 2 aromatic carbocycles. The van der Waals surface area contributed by atoms with Gasteiger partial charge in [0.1, 0.15) is 17.4 Å². The van der Waals surface area contributed by atoms with E-state index in [1.165, 1.54) is 22.8 Å². The standard InChI is InChI=1S/C19H11Cl2FN2O/c20-15-5-2-1-4-13(15)18-9-8-12(10-23)19(25)24(18)11-14-16(21)6-3-7-17(14)22/h1-9H,11H2. The van der Waals surface area contributed by atoms with Crippen LogP contribution in [-0.2, 0) is 6.54 Å². The van der Waals surface area contributed by atoms with E-state index in [1.807, 2.05) is 6.07 Å². The van der Waals surface area contributed by atoms with Gasteiger partial charge in [0.15, 0.2) is 0 Å².